The van der Waals surface area contributed by atoms with Gasteiger partial charge in [-0.05, 0) is 97.8 Å². The molecule has 50 heavy (non-hydrogen) atoms. The molecule has 4 aliphatic rings. The standard InChI is InChI=1S/C30H35B3F9NO5S2/c1-26-11-9-21-20-6-4-19(47-25(44)43(33-48-32-31)18-10-14-49-50-16-18)15-17(20)3-5-22(21)23(26)7-8-24(26)45-12-2-13-46-27(28(34,35)36,29(37,38)39)30(40,41)42/h4,6,15,18,21-24H,2-3,5,7-14,16H2,1H3. The summed E-state index contributed by atoms with van der Waals surface area (Å²) in [6.45, 7) is 0.277. The predicted octanol–water partition coefficient (Wildman–Crippen LogP) is 7.97. The Morgan fingerprint density at radius 3 is 2.34 bits per heavy atom. The van der Waals surface area contributed by atoms with Gasteiger partial charge in [0.25, 0.3) is 0 Å². The maximum Gasteiger partial charge on any atom is 0.435 e. The Balaban J connectivity index is 1.18. The van der Waals surface area contributed by atoms with E-state index < -0.39 is 43.3 Å². The summed E-state index contributed by atoms with van der Waals surface area (Å²) in [5, 5.41) is 0. The second-order valence-corrected chi connectivity index (χ2v) is 16.0. The maximum atomic E-state index is 13.2. The van der Waals surface area contributed by atoms with Crippen LogP contribution in [-0.4, -0.2) is 94.6 Å². The molecule has 6 nitrogen and oxygen atoms in total. The number of fused-ring (bicyclic) bond motifs is 5. The first kappa shape index (κ1) is 39.8. The second kappa shape index (κ2) is 15.5. The number of rotatable bonds is 11. The number of carbonyl (C=O) groups is 1. The molecule has 20 heteroatoms. The first-order chi connectivity index (χ1) is 23.4. The molecule has 274 valence electrons. The number of amides is 1. The SMILES string of the molecule is [B][B]O[B]N(C(=O)Oc1ccc2c(c1)CCC1C2CCC2(C)C(OCCCOC(C(F)(F)F)(C(F)(F)F)C(F)(F)F)CCC12)C1CCSSC1. The van der Waals surface area contributed by atoms with Crippen molar-refractivity contribution < 1.29 is 63.1 Å². The third kappa shape index (κ3) is 7.79. The van der Waals surface area contributed by atoms with Crippen molar-refractivity contribution >= 4 is 50.4 Å². The van der Waals surface area contributed by atoms with E-state index in [1.54, 1.807) is 27.7 Å². The van der Waals surface area contributed by atoms with Crippen molar-refractivity contribution in [3.8, 4) is 5.75 Å². The van der Waals surface area contributed by atoms with Gasteiger partial charge in [-0.3, -0.25) is 0 Å². The van der Waals surface area contributed by atoms with Gasteiger partial charge in [-0.15, -0.1) is 0 Å². The normalized spacial score (nSPS) is 28.6. The van der Waals surface area contributed by atoms with Crippen LogP contribution in [-0.2, 0) is 20.5 Å². The van der Waals surface area contributed by atoms with Crippen LogP contribution >= 0.6 is 21.6 Å². The van der Waals surface area contributed by atoms with Crippen LogP contribution in [0.3, 0.4) is 0 Å². The monoisotopic (exact) mass is 757 g/mol. The van der Waals surface area contributed by atoms with E-state index in [1.165, 1.54) is 18.0 Å². The molecule has 3 aliphatic carbocycles. The fourth-order valence-electron chi connectivity index (χ4n) is 8.29. The third-order valence-electron chi connectivity index (χ3n) is 10.7. The van der Waals surface area contributed by atoms with Crippen LogP contribution in [0.15, 0.2) is 18.2 Å². The molecule has 1 saturated heterocycles. The number of hydrogen-bond acceptors (Lipinski definition) is 7. The molecule has 1 amide bonds. The van der Waals surface area contributed by atoms with Crippen molar-refractivity contribution in [2.45, 2.75) is 100 Å². The van der Waals surface area contributed by atoms with Crippen molar-refractivity contribution in [1.29, 1.82) is 0 Å². The Hall–Kier alpha value is -1.37. The van der Waals surface area contributed by atoms with Crippen LogP contribution in [0.1, 0.15) is 68.9 Å². The summed E-state index contributed by atoms with van der Waals surface area (Å²) >= 11 is 0. The minimum atomic E-state index is -6.76. The zero-order valence-electron chi connectivity index (χ0n) is 27.0. The van der Waals surface area contributed by atoms with Crippen LogP contribution in [0, 0.1) is 17.3 Å². The van der Waals surface area contributed by atoms with Gasteiger partial charge in [0.1, 0.15) is 5.75 Å². The van der Waals surface area contributed by atoms with E-state index >= 15 is 0 Å². The number of hydrogen-bond donors (Lipinski definition) is 0. The molecule has 1 heterocycles. The van der Waals surface area contributed by atoms with E-state index in [2.05, 4.69) is 11.7 Å². The number of halogens is 9. The molecule has 5 rings (SSSR count). The van der Waals surface area contributed by atoms with Gasteiger partial charge in [-0.25, -0.2) is 4.79 Å². The highest BCUT2D eigenvalue weighted by Crippen LogP contribution is 2.62. The molecular formula is C30H35B3F9NO5S2. The fraction of sp³-hybridized carbons (Fsp3) is 0.767. The molecule has 6 unspecified atom stereocenters. The Morgan fingerprint density at radius 1 is 0.980 bits per heavy atom. The second-order valence-electron chi connectivity index (χ2n) is 13.3. The van der Waals surface area contributed by atoms with Crippen LogP contribution in [0.4, 0.5) is 44.3 Å². The van der Waals surface area contributed by atoms with Crippen molar-refractivity contribution in [2.24, 2.45) is 17.3 Å². The molecule has 0 bridgehead atoms. The Labute approximate surface area is 295 Å². The van der Waals surface area contributed by atoms with Crippen molar-refractivity contribution in [1.82, 2.24) is 4.81 Å². The number of aryl methyl sites for hydroxylation is 1. The summed E-state index contributed by atoms with van der Waals surface area (Å²) in [4.78, 5) is 14.6. The number of nitrogens with zero attached hydrogens (tertiary/aromatic N) is 1. The Kier molecular flexibility index (Phi) is 12.4. The molecule has 4 radical (unpaired) electrons. The highest BCUT2D eigenvalue weighted by Gasteiger charge is 2.85. The van der Waals surface area contributed by atoms with Crippen LogP contribution in [0.25, 0.3) is 0 Å². The minimum absolute atomic E-state index is 0.103. The molecule has 1 aromatic rings. The van der Waals surface area contributed by atoms with Crippen LogP contribution in [0.2, 0.25) is 0 Å². The van der Waals surface area contributed by atoms with Gasteiger partial charge in [-0.2, -0.15) is 39.5 Å². The maximum absolute atomic E-state index is 13.2. The molecule has 6 atom stereocenters. The first-order valence-corrected chi connectivity index (χ1v) is 18.8. The lowest BCUT2D eigenvalue weighted by Crippen LogP contribution is -2.67. The summed E-state index contributed by atoms with van der Waals surface area (Å²) < 4.78 is 139. The summed E-state index contributed by atoms with van der Waals surface area (Å²) in [7, 11) is 11.0. The number of carbonyl (C=O) groups excluding carboxylic acids is 1. The molecule has 1 aliphatic heterocycles. The van der Waals surface area contributed by atoms with E-state index in [0.717, 1.165) is 57.2 Å². The van der Waals surface area contributed by atoms with Crippen molar-refractivity contribution in [3.05, 3.63) is 29.3 Å². The van der Waals surface area contributed by atoms with E-state index in [-0.39, 0.29) is 36.0 Å². The lowest BCUT2D eigenvalue weighted by atomic mass is 9.55. The average Bonchev–Trinajstić information content (AvgIpc) is 3.37. The van der Waals surface area contributed by atoms with Gasteiger partial charge in [0, 0.05) is 24.2 Å². The lowest BCUT2D eigenvalue weighted by molar-refractivity contribution is -0.457. The van der Waals surface area contributed by atoms with Crippen molar-refractivity contribution in [3.63, 3.8) is 0 Å². The zero-order valence-corrected chi connectivity index (χ0v) is 28.7. The largest absolute Gasteiger partial charge is 0.494 e. The average molecular weight is 757 g/mol. The Bertz CT molecular complexity index is 1300. The molecule has 3 fully saturated rings. The van der Waals surface area contributed by atoms with Gasteiger partial charge in [0.2, 0.25) is 7.37 Å². The zero-order chi connectivity index (χ0) is 36.5. The summed E-state index contributed by atoms with van der Waals surface area (Å²) in [6, 6.07) is 5.56. The number of benzene rings is 1. The minimum Gasteiger partial charge on any atom is -0.494 e. The number of ether oxygens (including phenoxy) is 3. The van der Waals surface area contributed by atoms with E-state index in [4.69, 9.17) is 21.8 Å². The van der Waals surface area contributed by atoms with E-state index in [1.807, 2.05) is 12.1 Å². The van der Waals surface area contributed by atoms with Gasteiger partial charge >= 0.3 is 37.8 Å². The predicted molar refractivity (Wildman–Crippen MR) is 172 cm³/mol. The van der Waals surface area contributed by atoms with Gasteiger partial charge in [-0.1, -0.05) is 34.6 Å². The quantitative estimate of drug-likeness (QED) is 0.0984. The molecule has 1 aromatic carbocycles. The Morgan fingerprint density at radius 2 is 1.70 bits per heavy atom. The molecule has 2 saturated carbocycles. The summed E-state index contributed by atoms with van der Waals surface area (Å²) in [6.07, 6.45) is -16.4. The molecule has 0 aromatic heterocycles. The fourth-order valence-corrected chi connectivity index (χ4v) is 10.8. The van der Waals surface area contributed by atoms with E-state index in [9.17, 15) is 44.3 Å². The van der Waals surface area contributed by atoms with Crippen LogP contribution < -0.4 is 4.74 Å². The van der Waals surface area contributed by atoms with E-state index in [0.29, 0.717) is 23.8 Å². The van der Waals surface area contributed by atoms with Crippen LogP contribution in [0.5, 0.6) is 5.75 Å². The van der Waals surface area contributed by atoms with Gasteiger partial charge < -0.3 is 23.6 Å². The number of alkyl halides is 9. The summed E-state index contributed by atoms with van der Waals surface area (Å²) in [5.74, 6) is 2.78. The van der Waals surface area contributed by atoms with Gasteiger partial charge in [0.15, 0.2) is 0 Å². The van der Waals surface area contributed by atoms with Crippen molar-refractivity contribution in [2.75, 3.05) is 24.7 Å². The lowest BCUT2D eigenvalue weighted by Gasteiger charge is -2.50. The topological polar surface area (TPSA) is 57.2 Å². The molecule has 0 spiro atoms. The third-order valence-corrected chi connectivity index (χ3v) is 13.2. The highest BCUT2D eigenvalue weighted by molar-refractivity contribution is 8.76. The highest BCUT2D eigenvalue weighted by atomic mass is 33.1. The molecule has 0 N–H and O–H groups in total. The first-order valence-electron chi connectivity index (χ1n) is 16.3. The molecular weight excluding hydrogens is 722 g/mol. The van der Waals surface area contributed by atoms with Gasteiger partial charge in [0.05, 0.1) is 20.4 Å². The summed E-state index contributed by atoms with van der Waals surface area (Å²) in [5.41, 5.74) is -4.33. The smallest absolute Gasteiger partial charge is 0.435 e.